The van der Waals surface area contributed by atoms with Gasteiger partial charge in [0.05, 0.1) is 19.8 Å². The quantitative estimate of drug-likeness (QED) is 0.152. The molecule has 0 spiro atoms. The van der Waals surface area contributed by atoms with Gasteiger partial charge in [0.1, 0.15) is 18.2 Å². The molecule has 0 aromatic heterocycles. The molecular weight excluding hydrogens is 474 g/mol. The maximum Gasteiger partial charge on any atom is 0.303 e. The maximum absolute atomic E-state index is 11.8. The first-order valence-electron chi connectivity index (χ1n) is 10.5. The average Bonchev–Trinajstić information content (AvgIpc) is 2.77. The molecule has 198 valence electrons. The molecule has 0 aliphatic carbocycles. The number of aliphatic hydroxyl groups excluding tert-OH is 2. The minimum atomic E-state index is -1.70. The zero-order valence-corrected chi connectivity index (χ0v) is 19.9. The molecule has 3 N–H and O–H groups in total. The molecular formula is C21H31NO13. The fraction of sp³-hybridized carbons (Fsp3) is 0.667. The van der Waals surface area contributed by atoms with Crippen molar-refractivity contribution in [2.24, 2.45) is 0 Å². The van der Waals surface area contributed by atoms with Crippen LogP contribution in [0.2, 0.25) is 0 Å². The predicted octanol–water partition coefficient (Wildman–Crippen LogP) is -1.89. The first kappa shape index (κ1) is 30.0. The molecule has 0 aromatic carbocycles. The summed E-state index contributed by atoms with van der Waals surface area (Å²) in [4.78, 5) is 58.5. The molecule has 5 atom stereocenters. The minimum absolute atomic E-state index is 0.462. The van der Waals surface area contributed by atoms with Gasteiger partial charge >= 0.3 is 23.9 Å². The van der Waals surface area contributed by atoms with Crippen LogP contribution in [0.4, 0.5) is 0 Å². The Morgan fingerprint density at radius 2 is 1.40 bits per heavy atom. The highest BCUT2D eigenvalue weighted by Gasteiger charge is 2.53. The van der Waals surface area contributed by atoms with Crippen molar-refractivity contribution in [3.05, 3.63) is 12.7 Å². The lowest BCUT2D eigenvalue weighted by Crippen LogP contribution is -2.64. The van der Waals surface area contributed by atoms with E-state index in [4.69, 9.17) is 28.4 Å². The fourth-order valence-electron chi connectivity index (χ4n) is 3.13. The van der Waals surface area contributed by atoms with Gasteiger partial charge in [-0.2, -0.15) is 0 Å². The van der Waals surface area contributed by atoms with E-state index < -0.39 is 92.5 Å². The molecule has 1 fully saturated rings. The lowest BCUT2D eigenvalue weighted by atomic mass is 9.97. The number of hydrogen-bond donors (Lipinski definition) is 3. The molecule has 1 amide bonds. The summed E-state index contributed by atoms with van der Waals surface area (Å²) < 4.78 is 32.1. The SMILES string of the molecule is C=CC(=O)NC(CO)(CO)CO[C@@H]1O[C@H](COC(C)=O)[C@@H](OC(C)=O)[C@H](OC(C)=O)[C@H]1OC(C)=O. The van der Waals surface area contributed by atoms with Gasteiger partial charge < -0.3 is 44.0 Å². The number of esters is 4. The zero-order valence-electron chi connectivity index (χ0n) is 19.9. The number of carbonyl (C=O) groups is 5. The van der Waals surface area contributed by atoms with Crippen LogP contribution < -0.4 is 5.32 Å². The smallest absolute Gasteiger partial charge is 0.303 e. The van der Waals surface area contributed by atoms with E-state index in [1.54, 1.807) is 0 Å². The highest BCUT2D eigenvalue weighted by atomic mass is 16.7. The molecule has 14 heteroatoms. The van der Waals surface area contributed by atoms with Crippen molar-refractivity contribution in [3.63, 3.8) is 0 Å². The van der Waals surface area contributed by atoms with E-state index in [0.717, 1.165) is 33.8 Å². The van der Waals surface area contributed by atoms with E-state index in [2.05, 4.69) is 11.9 Å². The Bertz CT molecular complexity index is 794. The Labute approximate surface area is 201 Å². The summed E-state index contributed by atoms with van der Waals surface area (Å²) in [6.07, 6.45) is -6.22. The van der Waals surface area contributed by atoms with Crippen molar-refractivity contribution in [1.29, 1.82) is 0 Å². The molecule has 1 aliphatic heterocycles. The van der Waals surface area contributed by atoms with Crippen LogP contribution in [0.3, 0.4) is 0 Å². The lowest BCUT2D eigenvalue weighted by Gasteiger charge is -2.44. The summed E-state index contributed by atoms with van der Waals surface area (Å²) in [6.45, 7) is 5.05. The molecule has 35 heavy (non-hydrogen) atoms. The molecule has 1 saturated heterocycles. The van der Waals surface area contributed by atoms with Gasteiger partial charge in [-0.3, -0.25) is 24.0 Å². The molecule has 0 aromatic rings. The predicted molar refractivity (Wildman–Crippen MR) is 113 cm³/mol. The van der Waals surface area contributed by atoms with Gasteiger partial charge in [-0.15, -0.1) is 0 Å². The zero-order chi connectivity index (χ0) is 26.8. The number of hydrogen-bond acceptors (Lipinski definition) is 13. The number of amides is 1. The van der Waals surface area contributed by atoms with E-state index in [0.29, 0.717) is 0 Å². The minimum Gasteiger partial charge on any atom is -0.463 e. The standard InChI is InChI=1S/C21H31NO13/c1-6-16(29)22-21(8-23,9-24)10-31-20-19(34-14(5)28)18(33-13(4)27)17(32-12(3)26)15(35-20)7-30-11(2)25/h6,15,17-20,23-24H,1,7-10H2,2-5H3,(H,22,29)/t15-,17-,18+,19-,20-/m1/s1. The second-order valence-corrected chi connectivity index (χ2v) is 7.67. The van der Waals surface area contributed by atoms with Crippen LogP contribution in [0.5, 0.6) is 0 Å². The van der Waals surface area contributed by atoms with E-state index in [1.165, 1.54) is 0 Å². The van der Waals surface area contributed by atoms with Crippen molar-refractivity contribution in [2.45, 2.75) is 63.9 Å². The molecule has 1 aliphatic rings. The Kier molecular flexibility index (Phi) is 11.7. The van der Waals surface area contributed by atoms with Gasteiger partial charge in [0.25, 0.3) is 0 Å². The van der Waals surface area contributed by atoms with E-state index in [9.17, 15) is 34.2 Å². The largest absolute Gasteiger partial charge is 0.463 e. The monoisotopic (exact) mass is 505 g/mol. The summed E-state index contributed by atoms with van der Waals surface area (Å²) in [5, 5.41) is 21.9. The number of aliphatic hydroxyl groups is 2. The van der Waals surface area contributed by atoms with E-state index >= 15 is 0 Å². The molecule has 0 radical (unpaired) electrons. The van der Waals surface area contributed by atoms with Crippen LogP contribution in [0.1, 0.15) is 27.7 Å². The maximum atomic E-state index is 11.8. The molecule has 1 rings (SSSR count). The van der Waals surface area contributed by atoms with Crippen LogP contribution in [-0.2, 0) is 52.4 Å². The molecule has 0 saturated carbocycles. The topological polar surface area (TPSA) is 193 Å². The normalized spacial score (nSPS) is 24.0. The van der Waals surface area contributed by atoms with Crippen molar-refractivity contribution < 1.29 is 62.6 Å². The fourth-order valence-corrected chi connectivity index (χ4v) is 3.13. The second kappa shape index (κ2) is 13.7. The number of nitrogens with one attached hydrogen (secondary N) is 1. The third kappa shape index (κ3) is 9.24. The van der Waals surface area contributed by atoms with Gasteiger partial charge in [-0.25, -0.2) is 0 Å². The van der Waals surface area contributed by atoms with Gasteiger partial charge in [-0.1, -0.05) is 6.58 Å². The van der Waals surface area contributed by atoms with E-state index in [-0.39, 0.29) is 0 Å². The lowest BCUT2D eigenvalue weighted by molar-refractivity contribution is -0.311. The Balaban J connectivity index is 3.38. The van der Waals surface area contributed by atoms with Crippen molar-refractivity contribution in [1.82, 2.24) is 5.32 Å². The highest BCUT2D eigenvalue weighted by Crippen LogP contribution is 2.30. The first-order chi connectivity index (χ1) is 16.4. The average molecular weight is 505 g/mol. The van der Waals surface area contributed by atoms with Crippen LogP contribution >= 0.6 is 0 Å². The Morgan fingerprint density at radius 1 is 0.886 bits per heavy atom. The number of carbonyl (C=O) groups excluding carboxylic acids is 5. The molecule has 1 heterocycles. The summed E-state index contributed by atoms with van der Waals surface area (Å²) in [5.74, 6) is -3.87. The van der Waals surface area contributed by atoms with Crippen molar-refractivity contribution in [2.75, 3.05) is 26.4 Å². The van der Waals surface area contributed by atoms with Crippen LogP contribution in [0.15, 0.2) is 12.7 Å². The van der Waals surface area contributed by atoms with Crippen LogP contribution in [0.25, 0.3) is 0 Å². The van der Waals surface area contributed by atoms with Crippen LogP contribution in [-0.4, -0.2) is 103 Å². The summed E-state index contributed by atoms with van der Waals surface area (Å²) >= 11 is 0. The number of rotatable bonds is 12. The first-order valence-corrected chi connectivity index (χ1v) is 10.5. The summed E-state index contributed by atoms with van der Waals surface area (Å²) in [6, 6.07) is 0. The third-order valence-corrected chi connectivity index (χ3v) is 4.65. The van der Waals surface area contributed by atoms with Gasteiger partial charge in [-0.05, 0) is 6.08 Å². The van der Waals surface area contributed by atoms with Crippen molar-refractivity contribution in [3.8, 4) is 0 Å². The molecule has 0 bridgehead atoms. The molecule has 0 unspecified atom stereocenters. The van der Waals surface area contributed by atoms with Crippen LogP contribution in [0, 0.1) is 0 Å². The molecule has 14 nitrogen and oxygen atoms in total. The van der Waals surface area contributed by atoms with Crippen molar-refractivity contribution >= 4 is 29.8 Å². The second-order valence-electron chi connectivity index (χ2n) is 7.67. The van der Waals surface area contributed by atoms with E-state index in [1.807, 2.05) is 0 Å². The van der Waals surface area contributed by atoms with Gasteiger partial charge in [0, 0.05) is 27.7 Å². The van der Waals surface area contributed by atoms with Gasteiger partial charge in [0.2, 0.25) is 5.91 Å². The highest BCUT2D eigenvalue weighted by molar-refractivity contribution is 5.87. The Hall–Kier alpha value is -3.07. The Morgan fingerprint density at radius 3 is 1.86 bits per heavy atom. The number of ether oxygens (including phenoxy) is 6. The summed E-state index contributed by atoms with van der Waals surface area (Å²) in [7, 11) is 0. The van der Waals surface area contributed by atoms with Gasteiger partial charge in [0.15, 0.2) is 24.6 Å². The third-order valence-electron chi connectivity index (χ3n) is 4.65. The summed E-state index contributed by atoms with van der Waals surface area (Å²) in [5.41, 5.74) is -1.70.